The molecule has 144 valence electrons. The number of aryl methyl sites for hydroxylation is 1. The number of thiocarbonyl (C=S) groups is 1. The molecule has 0 saturated carbocycles. The van der Waals surface area contributed by atoms with Crippen molar-refractivity contribution in [3.63, 3.8) is 0 Å². The molecular weight excluding hydrogens is 360 g/mol. The summed E-state index contributed by atoms with van der Waals surface area (Å²) >= 11 is 5.81. The van der Waals surface area contributed by atoms with E-state index >= 15 is 0 Å². The van der Waals surface area contributed by atoms with Gasteiger partial charge in [0, 0.05) is 18.8 Å². The number of hydrogen-bond donors (Lipinski definition) is 1. The molecule has 0 atom stereocenters. The van der Waals surface area contributed by atoms with Crippen molar-refractivity contribution in [1.82, 2.24) is 4.90 Å². The molecule has 3 rings (SSSR count). The maximum atomic E-state index is 5.81. The number of rotatable bonds is 7. The fraction of sp³-hybridized carbons (Fsp3) is 0.240. The number of benzene rings is 3. The van der Waals surface area contributed by atoms with Crippen molar-refractivity contribution < 1.29 is 0 Å². The first-order chi connectivity index (χ1) is 13.6. The number of hydrogen-bond acceptors (Lipinski definition) is 1. The second-order valence-corrected chi connectivity index (χ2v) is 7.52. The lowest BCUT2D eigenvalue weighted by Crippen LogP contribution is -2.38. The molecule has 0 aromatic heterocycles. The number of anilines is 1. The summed E-state index contributed by atoms with van der Waals surface area (Å²) in [6.45, 7) is 6.06. The molecule has 0 aliphatic rings. The predicted octanol–water partition coefficient (Wildman–Crippen LogP) is 5.79. The molecule has 0 bridgehead atoms. The van der Waals surface area contributed by atoms with E-state index in [1.807, 2.05) is 0 Å². The van der Waals surface area contributed by atoms with E-state index in [1.165, 1.54) is 22.3 Å². The Morgan fingerprint density at radius 2 is 1.29 bits per heavy atom. The van der Waals surface area contributed by atoms with Crippen LogP contribution in [0.25, 0.3) is 0 Å². The maximum absolute atomic E-state index is 5.81. The van der Waals surface area contributed by atoms with Gasteiger partial charge in [-0.2, -0.15) is 0 Å². The van der Waals surface area contributed by atoms with Crippen LogP contribution < -0.4 is 5.32 Å². The quantitative estimate of drug-likeness (QED) is 0.516. The van der Waals surface area contributed by atoms with Gasteiger partial charge in [0.1, 0.15) is 0 Å². The third kappa shape index (κ3) is 5.67. The molecule has 0 saturated heterocycles. The van der Waals surface area contributed by atoms with Crippen molar-refractivity contribution in [3.8, 4) is 0 Å². The lowest BCUT2D eigenvalue weighted by atomic mass is 10.1. The normalized spacial score (nSPS) is 10.5. The highest BCUT2D eigenvalue weighted by atomic mass is 32.1. The van der Waals surface area contributed by atoms with E-state index in [1.54, 1.807) is 0 Å². The van der Waals surface area contributed by atoms with Gasteiger partial charge in [0.2, 0.25) is 0 Å². The summed E-state index contributed by atoms with van der Waals surface area (Å²) in [6, 6.07) is 27.5. The van der Waals surface area contributed by atoms with E-state index in [0.717, 1.165) is 36.7 Å². The minimum atomic E-state index is 0.792. The van der Waals surface area contributed by atoms with Gasteiger partial charge in [0.15, 0.2) is 5.11 Å². The van der Waals surface area contributed by atoms with Crippen molar-refractivity contribution >= 4 is 23.0 Å². The average molecular weight is 389 g/mol. The largest absolute Gasteiger partial charge is 0.348 e. The number of nitrogens with zero attached hydrogens (tertiary/aromatic N) is 1. The predicted molar refractivity (Wildman–Crippen MR) is 124 cm³/mol. The molecule has 0 aliphatic heterocycles. The molecule has 0 aliphatic carbocycles. The van der Waals surface area contributed by atoms with Crippen LogP contribution in [0.2, 0.25) is 0 Å². The first kappa shape index (κ1) is 20.1. The lowest BCUT2D eigenvalue weighted by molar-refractivity contribution is 0.432. The van der Waals surface area contributed by atoms with Gasteiger partial charge in [-0.1, -0.05) is 72.8 Å². The van der Waals surface area contributed by atoms with Gasteiger partial charge < -0.3 is 10.2 Å². The van der Waals surface area contributed by atoms with Crippen LogP contribution in [0.15, 0.2) is 78.9 Å². The van der Waals surface area contributed by atoms with Gasteiger partial charge in [-0.05, 0) is 67.2 Å². The average Bonchev–Trinajstić information content (AvgIpc) is 2.73. The monoisotopic (exact) mass is 388 g/mol. The highest BCUT2D eigenvalue weighted by molar-refractivity contribution is 7.80. The zero-order valence-electron chi connectivity index (χ0n) is 16.7. The van der Waals surface area contributed by atoms with Crippen LogP contribution in [-0.2, 0) is 12.8 Å². The topological polar surface area (TPSA) is 15.3 Å². The lowest BCUT2D eigenvalue weighted by Gasteiger charge is -2.27. The van der Waals surface area contributed by atoms with Gasteiger partial charge in [-0.15, -0.1) is 0 Å². The van der Waals surface area contributed by atoms with Crippen molar-refractivity contribution in [1.29, 1.82) is 0 Å². The van der Waals surface area contributed by atoms with Crippen molar-refractivity contribution in [3.05, 3.63) is 101 Å². The van der Waals surface area contributed by atoms with E-state index in [4.69, 9.17) is 12.2 Å². The zero-order chi connectivity index (χ0) is 19.8. The third-order valence-electron chi connectivity index (χ3n) is 5.16. The van der Waals surface area contributed by atoms with E-state index in [9.17, 15) is 0 Å². The van der Waals surface area contributed by atoms with Crippen LogP contribution in [0, 0.1) is 13.8 Å². The molecule has 0 spiro atoms. The van der Waals surface area contributed by atoms with E-state index in [-0.39, 0.29) is 0 Å². The summed E-state index contributed by atoms with van der Waals surface area (Å²) in [6.07, 6.45) is 1.95. The van der Waals surface area contributed by atoms with Crippen LogP contribution in [0.1, 0.15) is 22.3 Å². The molecule has 28 heavy (non-hydrogen) atoms. The minimum absolute atomic E-state index is 0.792. The zero-order valence-corrected chi connectivity index (χ0v) is 17.5. The van der Waals surface area contributed by atoms with Crippen LogP contribution in [-0.4, -0.2) is 23.1 Å². The molecule has 3 heteroatoms. The molecule has 3 aromatic carbocycles. The van der Waals surface area contributed by atoms with Crippen molar-refractivity contribution in [2.45, 2.75) is 26.7 Å². The van der Waals surface area contributed by atoms with Gasteiger partial charge >= 0.3 is 0 Å². The summed E-state index contributed by atoms with van der Waals surface area (Å²) in [5.41, 5.74) is 6.28. The Labute approximate surface area is 174 Å². The van der Waals surface area contributed by atoms with E-state index in [2.05, 4.69) is 103 Å². The molecular formula is C25H28N2S. The molecule has 0 unspecified atom stereocenters. The standard InChI is InChI=1S/C25H28N2S/c1-20-10-9-15-24(21(20)2)26-25(28)27(18-16-22-11-5-3-6-12-22)19-17-23-13-7-4-8-14-23/h3-15H,16-19H2,1-2H3,(H,26,28). The molecule has 0 radical (unpaired) electrons. The second kappa shape index (κ2) is 10.0. The Balaban J connectivity index is 1.70. The third-order valence-corrected chi connectivity index (χ3v) is 5.52. The van der Waals surface area contributed by atoms with Gasteiger partial charge in [-0.25, -0.2) is 0 Å². The van der Waals surface area contributed by atoms with Gasteiger partial charge in [0.25, 0.3) is 0 Å². The smallest absolute Gasteiger partial charge is 0.173 e. The Morgan fingerprint density at radius 1 is 0.750 bits per heavy atom. The highest BCUT2D eigenvalue weighted by Crippen LogP contribution is 2.19. The second-order valence-electron chi connectivity index (χ2n) is 7.14. The van der Waals surface area contributed by atoms with Crippen LogP contribution in [0.3, 0.4) is 0 Å². The number of nitrogens with one attached hydrogen (secondary N) is 1. The minimum Gasteiger partial charge on any atom is -0.348 e. The van der Waals surface area contributed by atoms with Gasteiger partial charge in [-0.3, -0.25) is 0 Å². The fourth-order valence-electron chi connectivity index (χ4n) is 3.21. The Hall–Kier alpha value is -2.65. The van der Waals surface area contributed by atoms with Gasteiger partial charge in [0.05, 0.1) is 0 Å². The molecule has 0 heterocycles. The van der Waals surface area contributed by atoms with Crippen LogP contribution in [0.5, 0.6) is 0 Å². The fourth-order valence-corrected chi connectivity index (χ4v) is 3.51. The van der Waals surface area contributed by atoms with Crippen LogP contribution >= 0.6 is 12.2 Å². The maximum Gasteiger partial charge on any atom is 0.173 e. The molecule has 3 aromatic rings. The van der Waals surface area contributed by atoms with E-state index < -0.39 is 0 Å². The summed E-state index contributed by atoms with van der Waals surface area (Å²) in [4.78, 5) is 2.29. The Morgan fingerprint density at radius 3 is 1.82 bits per heavy atom. The summed E-state index contributed by atoms with van der Waals surface area (Å²) in [7, 11) is 0. The molecule has 2 nitrogen and oxygen atoms in total. The molecule has 0 fully saturated rings. The summed E-state index contributed by atoms with van der Waals surface area (Å²) in [5, 5.41) is 4.27. The summed E-state index contributed by atoms with van der Waals surface area (Å²) < 4.78 is 0. The molecule has 0 amide bonds. The Bertz CT molecular complexity index is 847. The van der Waals surface area contributed by atoms with Crippen molar-refractivity contribution in [2.75, 3.05) is 18.4 Å². The van der Waals surface area contributed by atoms with Crippen molar-refractivity contribution in [2.24, 2.45) is 0 Å². The highest BCUT2D eigenvalue weighted by Gasteiger charge is 2.12. The molecule has 1 N–H and O–H groups in total. The van der Waals surface area contributed by atoms with E-state index in [0.29, 0.717) is 0 Å². The Kier molecular flexibility index (Phi) is 7.21. The first-order valence-electron chi connectivity index (χ1n) is 9.83. The first-order valence-corrected chi connectivity index (χ1v) is 10.2. The van der Waals surface area contributed by atoms with Crippen LogP contribution in [0.4, 0.5) is 5.69 Å². The SMILES string of the molecule is Cc1cccc(NC(=S)N(CCc2ccccc2)CCc2ccccc2)c1C. The summed E-state index contributed by atoms with van der Waals surface area (Å²) in [5.74, 6) is 0.